The number of fused-ring (bicyclic) bond motifs is 2. The van der Waals surface area contributed by atoms with Crippen LogP contribution in [-0.4, -0.2) is 51.9 Å². The summed E-state index contributed by atoms with van der Waals surface area (Å²) in [4.78, 5) is 30.7. The van der Waals surface area contributed by atoms with Crippen molar-refractivity contribution in [3.8, 4) is 22.8 Å². The van der Waals surface area contributed by atoms with Crippen molar-refractivity contribution in [2.75, 3.05) is 20.3 Å². The van der Waals surface area contributed by atoms with E-state index in [9.17, 15) is 32.3 Å². The number of primary amides is 1. The molecule has 2 atom stereocenters. The number of amides is 2. The highest BCUT2D eigenvalue weighted by Crippen LogP contribution is 2.50. The highest BCUT2D eigenvalue weighted by Gasteiger charge is 2.50. The number of methoxy groups -OCH3 is 1. The maximum Gasteiger partial charge on any atom is 0.416 e. The SMILES string of the molecule is COc1cc(C(=O)NCC(O)(c2cc3c(c(-c4cc(F)cc(C(F)(F)F)c4)n2)OC[C@]3(C)C(N)=O)C2CC2)cc2cn(C3CC3)nc12. The van der Waals surface area contributed by atoms with Gasteiger partial charge in [-0.3, -0.25) is 14.3 Å². The summed E-state index contributed by atoms with van der Waals surface area (Å²) in [5, 5.41) is 20.3. The van der Waals surface area contributed by atoms with E-state index in [-0.39, 0.29) is 52.9 Å². The lowest BCUT2D eigenvalue weighted by Crippen LogP contribution is -2.44. The first-order valence-electron chi connectivity index (χ1n) is 15.2. The predicted octanol–water partition coefficient (Wildman–Crippen LogP) is 4.76. The van der Waals surface area contributed by atoms with Gasteiger partial charge in [0.25, 0.3) is 5.91 Å². The number of hydrogen-bond acceptors (Lipinski definition) is 7. The van der Waals surface area contributed by atoms with Crippen LogP contribution in [0.5, 0.6) is 11.5 Å². The molecule has 47 heavy (non-hydrogen) atoms. The fourth-order valence-electron chi connectivity index (χ4n) is 6.15. The predicted molar refractivity (Wildman–Crippen MR) is 160 cm³/mol. The summed E-state index contributed by atoms with van der Waals surface area (Å²) in [5.41, 5.74) is 1.84. The van der Waals surface area contributed by atoms with Crippen LogP contribution in [0.1, 0.15) is 65.8 Å². The summed E-state index contributed by atoms with van der Waals surface area (Å²) in [6.45, 7) is 0.945. The van der Waals surface area contributed by atoms with Crippen molar-refractivity contribution < 1.29 is 41.7 Å². The molecular formula is C33H31F4N5O5. The molecule has 2 aromatic heterocycles. The first-order valence-corrected chi connectivity index (χ1v) is 15.2. The van der Waals surface area contributed by atoms with Crippen molar-refractivity contribution in [2.24, 2.45) is 11.7 Å². The van der Waals surface area contributed by atoms with Crippen molar-refractivity contribution in [1.29, 1.82) is 0 Å². The number of ether oxygens (including phenoxy) is 2. The molecule has 7 rings (SSSR count). The normalized spacial score (nSPS) is 20.4. The third-order valence-electron chi connectivity index (χ3n) is 9.32. The van der Waals surface area contributed by atoms with Gasteiger partial charge in [0.2, 0.25) is 5.91 Å². The molecule has 0 radical (unpaired) electrons. The minimum absolute atomic E-state index is 0.0245. The number of carbonyl (C=O) groups is 2. The summed E-state index contributed by atoms with van der Waals surface area (Å²) in [5.74, 6) is -2.46. The molecule has 2 saturated carbocycles. The molecule has 4 N–H and O–H groups in total. The quantitative estimate of drug-likeness (QED) is 0.221. The van der Waals surface area contributed by atoms with Crippen LogP contribution in [0.2, 0.25) is 0 Å². The minimum atomic E-state index is -4.86. The summed E-state index contributed by atoms with van der Waals surface area (Å²) in [7, 11) is 1.48. The van der Waals surface area contributed by atoms with Crippen LogP contribution in [0.25, 0.3) is 22.2 Å². The lowest BCUT2D eigenvalue weighted by molar-refractivity contribution is -0.137. The van der Waals surface area contributed by atoms with E-state index < -0.39 is 40.4 Å². The summed E-state index contributed by atoms with van der Waals surface area (Å²) in [6.07, 6.45) is 0.189. The number of carbonyl (C=O) groups excluding carboxylic acids is 2. The van der Waals surface area contributed by atoms with Gasteiger partial charge in [-0.15, -0.1) is 0 Å². The van der Waals surface area contributed by atoms with Crippen molar-refractivity contribution in [1.82, 2.24) is 20.1 Å². The number of nitrogens with one attached hydrogen (secondary N) is 1. The molecule has 14 heteroatoms. The summed E-state index contributed by atoms with van der Waals surface area (Å²) < 4.78 is 68.7. The van der Waals surface area contributed by atoms with Crippen molar-refractivity contribution >= 4 is 22.7 Å². The Bertz CT molecular complexity index is 1950. The van der Waals surface area contributed by atoms with Gasteiger partial charge < -0.3 is 25.6 Å². The average molecular weight is 654 g/mol. The molecule has 1 unspecified atom stereocenters. The molecule has 4 aromatic rings. The van der Waals surface area contributed by atoms with E-state index in [2.05, 4.69) is 15.4 Å². The highest BCUT2D eigenvalue weighted by molar-refractivity contribution is 6.00. The zero-order valence-corrected chi connectivity index (χ0v) is 25.4. The molecule has 10 nitrogen and oxygen atoms in total. The van der Waals surface area contributed by atoms with E-state index in [1.165, 1.54) is 20.1 Å². The second-order valence-corrected chi connectivity index (χ2v) is 12.8. The first kappa shape index (κ1) is 30.9. The third-order valence-corrected chi connectivity index (χ3v) is 9.32. The van der Waals surface area contributed by atoms with Crippen LogP contribution in [0.3, 0.4) is 0 Å². The van der Waals surface area contributed by atoms with Gasteiger partial charge in [-0.2, -0.15) is 18.3 Å². The maximum atomic E-state index is 14.6. The van der Waals surface area contributed by atoms with Gasteiger partial charge >= 0.3 is 6.18 Å². The largest absolute Gasteiger partial charge is 0.494 e. The molecule has 3 aliphatic rings. The molecule has 2 aliphatic carbocycles. The minimum Gasteiger partial charge on any atom is -0.494 e. The van der Waals surface area contributed by atoms with Crippen LogP contribution < -0.4 is 20.5 Å². The van der Waals surface area contributed by atoms with Gasteiger partial charge in [0.05, 0.1) is 31.0 Å². The van der Waals surface area contributed by atoms with Gasteiger partial charge in [-0.1, -0.05) is 0 Å². The Hall–Kier alpha value is -4.72. The smallest absolute Gasteiger partial charge is 0.416 e. The molecule has 0 bridgehead atoms. The average Bonchev–Trinajstić information content (AvgIpc) is 3.97. The number of benzene rings is 2. The number of hydrogen-bond donors (Lipinski definition) is 3. The van der Waals surface area contributed by atoms with E-state index in [1.807, 2.05) is 10.9 Å². The van der Waals surface area contributed by atoms with E-state index in [0.29, 0.717) is 41.6 Å². The summed E-state index contributed by atoms with van der Waals surface area (Å²) >= 11 is 0. The zero-order chi connectivity index (χ0) is 33.5. The molecule has 246 valence electrons. The molecular weight excluding hydrogens is 622 g/mol. The van der Waals surface area contributed by atoms with Crippen LogP contribution in [0, 0.1) is 11.7 Å². The molecule has 2 fully saturated rings. The Morgan fingerprint density at radius 1 is 1.15 bits per heavy atom. The number of aromatic nitrogens is 3. The standard InChI is InChI=1S/C33H31F4N5O5/c1-31(30(38)44)15-47-28-23(31)12-25(40-27(28)16-8-20(33(35,36)37)11-21(34)9-16)32(45,19-3-4-19)14-39-29(43)17-7-18-13-42(22-5-6-22)41-26(18)24(10-17)46-2/h7-13,19,22,45H,3-6,14-15H2,1-2H3,(H2,38,44)(H,39,43)/t31-,32?/m0/s1. The van der Waals surface area contributed by atoms with Crippen LogP contribution in [0.15, 0.2) is 42.6 Å². The second kappa shape index (κ2) is 10.7. The first-order chi connectivity index (χ1) is 22.2. The third kappa shape index (κ3) is 5.33. The number of nitrogens with two attached hydrogens (primary N) is 1. The number of aliphatic hydroxyl groups is 1. The fraction of sp³-hybridized carbons (Fsp3) is 0.394. The molecule has 3 heterocycles. The van der Waals surface area contributed by atoms with Gasteiger partial charge in [-0.25, -0.2) is 9.37 Å². The van der Waals surface area contributed by atoms with E-state index in [1.54, 1.807) is 12.1 Å². The van der Waals surface area contributed by atoms with Crippen molar-refractivity contribution in [3.05, 3.63) is 70.8 Å². The fourth-order valence-corrected chi connectivity index (χ4v) is 6.15. The Labute approximate surface area is 265 Å². The van der Waals surface area contributed by atoms with Crippen LogP contribution in [-0.2, 0) is 22.0 Å². The van der Waals surface area contributed by atoms with Gasteiger partial charge in [0, 0.05) is 28.3 Å². The number of nitrogens with zero attached hydrogens (tertiary/aromatic N) is 3. The van der Waals surface area contributed by atoms with Crippen molar-refractivity contribution in [3.63, 3.8) is 0 Å². The van der Waals surface area contributed by atoms with Crippen LogP contribution >= 0.6 is 0 Å². The molecule has 2 amide bonds. The lowest BCUT2D eigenvalue weighted by Gasteiger charge is -2.30. The monoisotopic (exact) mass is 653 g/mol. The highest BCUT2D eigenvalue weighted by atomic mass is 19.4. The van der Waals surface area contributed by atoms with Gasteiger partial charge in [0.15, 0.2) is 0 Å². The number of rotatable bonds is 9. The second-order valence-electron chi connectivity index (χ2n) is 12.8. The Morgan fingerprint density at radius 2 is 1.89 bits per heavy atom. The Kier molecular flexibility index (Phi) is 7.01. The topological polar surface area (TPSA) is 142 Å². The van der Waals surface area contributed by atoms with E-state index in [4.69, 9.17) is 15.2 Å². The number of halogens is 4. The maximum absolute atomic E-state index is 14.6. The van der Waals surface area contributed by atoms with Crippen LogP contribution in [0.4, 0.5) is 17.6 Å². The molecule has 0 saturated heterocycles. The number of alkyl halides is 3. The zero-order valence-electron chi connectivity index (χ0n) is 25.4. The van der Waals surface area contributed by atoms with E-state index in [0.717, 1.165) is 25.0 Å². The van der Waals surface area contributed by atoms with Gasteiger partial charge in [0.1, 0.15) is 46.1 Å². The lowest BCUT2D eigenvalue weighted by atomic mass is 9.81. The molecule has 2 aromatic carbocycles. The number of pyridine rings is 1. The summed E-state index contributed by atoms with van der Waals surface area (Å²) in [6, 6.07) is 6.95. The van der Waals surface area contributed by atoms with Crippen molar-refractivity contribution in [2.45, 2.75) is 55.8 Å². The molecule has 1 aliphatic heterocycles. The Morgan fingerprint density at radius 3 is 2.53 bits per heavy atom. The van der Waals surface area contributed by atoms with E-state index >= 15 is 0 Å². The molecule has 0 spiro atoms. The Balaban J connectivity index is 1.28. The van der Waals surface area contributed by atoms with Gasteiger partial charge in [-0.05, 0) is 74.9 Å².